The zero-order valence-corrected chi connectivity index (χ0v) is 18.6. The summed E-state index contributed by atoms with van der Waals surface area (Å²) in [6.07, 6.45) is 5.03. The van der Waals surface area contributed by atoms with Gasteiger partial charge in [0, 0.05) is 31.9 Å². The Morgan fingerprint density at radius 3 is 2.24 bits per heavy atom. The van der Waals surface area contributed by atoms with E-state index in [2.05, 4.69) is 42.0 Å². The highest BCUT2D eigenvalue weighted by molar-refractivity contribution is 6.04. The number of amides is 1. The summed E-state index contributed by atoms with van der Waals surface area (Å²) >= 11 is 0. The molecule has 2 saturated heterocycles. The second kappa shape index (κ2) is 9.16. The van der Waals surface area contributed by atoms with Crippen molar-refractivity contribution in [1.82, 2.24) is 19.9 Å². The molecule has 0 aliphatic carbocycles. The fourth-order valence-corrected chi connectivity index (χ4v) is 4.07. The summed E-state index contributed by atoms with van der Waals surface area (Å²) in [5.41, 5.74) is 0.868. The minimum atomic E-state index is -0.814. The molecule has 5 rings (SSSR count). The van der Waals surface area contributed by atoms with E-state index in [4.69, 9.17) is 0 Å². The molecule has 176 valence electrons. The van der Waals surface area contributed by atoms with Crippen molar-refractivity contribution in [2.75, 3.05) is 52.7 Å². The molecule has 11 heteroatoms. The molecule has 2 fully saturated rings. The monoisotopic (exact) mass is 466 g/mol. The number of hydrogen-bond acceptors (Lipinski definition) is 8. The number of piperazine rings is 1. The van der Waals surface area contributed by atoms with Gasteiger partial charge in [-0.15, -0.1) is 0 Å². The van der Waals surface area contributed by atoms with E-state index in [1.165, 1.54) is 18.5 Å². The quantitative estimate of drug-likeness (QED) is 0.614. The number of carbonyl (C=O) groups is 1. The number of nitrogens with one attached hydrogen (secondary N) is 1. The summed E-state index contributed by atoms with van der Waals surface area (Å²) in [4.78, 5) is 35.8. The van der Waals surface area contributed by atoms with Crippen LogP contribution in [0.3, 0.4) is 0 Å². The predicted molar refractivity (Wildman–Crippen MR) is 125 cm³/mol. The van der Waals surface area contributed by atoms with Gasteiger partial charge in [0.15, 0.2) is 0 Å². The highest BCUT2D eigenvalue weighted by Gasteiger charge is 2.28. The van der Waals surface area contributed by atoms with Crippen molar-refractivity contribution >= 4 is 29.2 Å². The fourth-order valence-electron chi connectivity index (χ4n) is 4.07. The molecule has 0 unspecified atom stereocenters. The molecule has 2 aliphatic rings. The summed E-state index contributed by atoms with van der Waals surface area (Å²) in [6.45, 7) is 4.82. The zero-order chi connectivity index (χ0) is 23.7. The largest absolute Gasteiger partial charge is 0.353 e. The van der Waals surface area contributed by atoms with E-state index in [0.29, 0.717) is 55.7 Å². The van der Waals surface area contributed by atoms with Crippen LogP contribution in [0.2, 0.25) is 0 Å². The topological polar surface area (TPSA) is 90.4 Å². The lowest BCUT2D eigenvalue weighted by Crippen LogP contribution is -2.53. The van der Waals surface area contributed by atoms with Gasteiger partial charge in [-0.2, -0.15) is 0 Å². The SMILES string of the molecule is C[C@@H]1CN(c2ccc(F)cn2)CCN1c1ncc(NC(=O)c2ccc(N3CC(F)C3)nc2)cn1. The third kappa shape index (κ3) is 4.59. The number of pyridine rings is 2. The highest BCUT2D eigenvalue weighted by atomic mass is 19.1. The molecule has 2 aliphatic heterocycles. The maximum absolute atomic E-state index is 13.1. The van der Waals surface area contributed by atoms with Gasteiger partial charge in [-0.3, -0.25) is 4.79 Å². The smallest absolute Gasteiger partial charge is 0.257 e. The minimum absolute atomic E-state index is 0.115. The second-order valence-corrected chi connectivity index (χ2v) is 8.46. The van der Waals surface area contributed by atoms with Crippen LogP contribution in [0.1, 0.15) is 17.3 Å². The first-order valence-corrected chi connectivity index (χ1v) is 11.1. The molecule has 3 aromatic heterocycles. The molecular weight excluding hydrogens is 442 g/mol. The van der Waals surface area contributed by atoms with Gasteiger partial charge < -0.3 is 20.0 Å². The number of carbonyl (C=O) groups excluding carboxylic acids is 1. The Morgan fingerprint density at radius 2 is 1.62 bits per heavy atom. The summed E-state index contributed by atoms with van der Waals surface area (Å²) < 4.78 is 26.2. The Kier molecular flexibility index (Phi) is 5.91. The van der Waals surface area contributed by atoms with Gasteiger partial charge in [0.05, 0.1) is 42.9 Å². The number of rotatable bonds is 5. The first-order chi connectivity index (χ1) is 16.5. The van der Waals surface area contributed by atoms with E-state index in [1.54, 1.807) is 30.6 Å². The maximum Gasteiger partial charge on any atom is 0.257 e. The number of halogens is 2. The molecule has 0 bridgehead atoms. The Labute approximate surface area is 195 Å². The molecule has 9 nitrogen and oxygen atoms in total. The van der Waals surface area contributed by atoms with Crippen molar-refractivity contribution in [3.8, 4) is 0 Å². The normalized spacial score (nSPS) is 18.6. The van der Waals surface area contributed by atoms with E-state index in [9.17, 15) is 13.6 Å². The molecular formula is C23H24F2N8O. The summed E-state index contributed by atoms with van der Waals surface area (Å²) in [5, 5.41) is 2.77. The molecule has 0 spiro atoms. The number of nitrogens with zero attached hydrogens (tertiary/aromatic N) is 7. The summed E-state index contributed by atoms with van der Waals surface area (Å²) in [5.74, 6) is 1.29. The molecule has 1 amide bonds. The van der Waals surface area contributed by atoms with Crippen LogP contribution in [-0.2, 0) is 0 Å². The fraction of sp³-hybridized carbons (Fsp3) is 0.348. The van der Waals surface area contributed by atoms with Crippen molar-refractivity contribution in [2.45, 2.75) is 19.1 Å². The van der Waals surface area contributed by atoms with E-state index >= 15 is 0 Å². The molecule has 0 radical (unpaired) electrons. The molecule has 5 heterocycles. The third-order valence-corrected chi connectivity index (χ3v) is 5.99. The lowest BCUT2D eigenvalue weighted by molar-refractivity contribution is 0.102. The van der Waals surface area contributed by atoms with Crippen LogP contribution in [0.5, 0.6) is 0 Å². The van der Waals surface area contributed by atoms with Crippen molar-refractivity contribution in [3.63, 3.8) is 0 Å². The zero-order valence-electron chi connectivity index (χ0n) is 18.6. The van der Waals surface area contributed by atoms with Gasteiger partial charge in [0.2, 0.25) is 5.95 Å². The Hall–Kier alpha value is -3.89. The van der Waals surface area contributed by atoms with Gasteiger partial charge in [0.25, 0.3) is 5.91 Å². The first kappa shape index (κ1) is 21.9. The van der Waals surface area contributed by atoms with E-state index in [-0.39, 0.29) is 17.8 Å². The number of hydrogen-bond donors (Lipinski definition) is 1. The van der Waals surface area contributed by atoms with Crippen molar-refractivity contribution in [3.05, 3.63) is 60.4 Å². The molecule has 34 heavy (non-hydrogen) atoms. The van der Waals surface area contributed by atoms with Crippen LogP contribution in [0.25, 0.3) is 0 Å². The molecule has 1 atom stereocenters. The van der Waals surface area contributed by atoms with Crippen LogP contribution in [-0.4, -0.2) is 70.8 Å². The predicted octanol–water partition coefficient (Wildman–Crippen LogP) is 2.53. The van der Waals surface area contributed by atoms with Gasteiger partial charge in [-0.25, -0.2) is 28.7 Å². The molecule has 0 saturated carbocycles. The Balaban J connectivity index is 1.17. The minimum Gasteiger partial charge on any atom is -0.353 e. The summed E-state index contributed by atoms with van der Waals surface area (Å²) in [6, 6.07) is 6.58. The lowest BCUT2D eigenvalue weighted by Gasteiger charge is -2.40. The summed E-state index contributed by atoms with van der Waals surface area (Å²) in [7, 11) is 0. The van der Waals surface area contributed by atoms with Crippen LogP contribution < -0.4 is 20.0 Å². The van der Waals surface area contributed by atoms with Crippen molar-refractivity contribution in [2.24, 2.45) is 0 Å². The van der Waals surface area contributed by atoms with Gasteiger partial charge in [0.1, 0.15) is 23.6 Å². The highest BCUT2D eigenvalue weighted by Crippen LogP contribution is 2.22. The number of anilines is 4. The van der Waals surface area contributed by atoms with E-state index in [1.807, 2.05) is 4.90 Å². The number of alkyl halides is 1. The Morgan fingerprint density at radius 1 is 0.912 bits per heavy atom. The van der Waals surface area contributed by atoms with E-state index < -0.39 is 6.17 Å². The third-order valence-electron chi connectivity index (χ3n) is 5.99. The van der Waals surface area contributed by atoms with Gasteiger partial charge >= 0.3 is 0 Å². The van der Waals surface area contributed by atoms with Crippen molar-refractivity contribution < 1.29 is 13.6 Å². The van der Waals surface area contributed by atoms with Crippen LogP contribution >= 0.6 is 0 Å². The van der Waals surface area contributed by atoms with Gasteiger partial charge in [-0.1, -0.05) is 0 Å². The first-order valence-electron chi connectivity index (χ1n) is 11.1. The van der Waals surface area contributed by atoms with Crippen LogP contribution in [0.15, 0.2) is 49.1 Å². The lowest BCUT2D eigenvalue weighted by atomic mass is 10.2. The maximum atomic E-state index is 13.1. The van der Waals surface area contributed by atoms with E-state index in [0.717, 1.165) is 5.82 Å². The van der Waals surface area contributed by atoms with Crippen LogP contribution in [0, 0.1) is 5.82 Å². The average Bonchev–Trinajstić information content (AvgIpc) is 2.83. The number of aromatic nitrogens is 4. The molecule has 0 aromatic carbocycles. The average molecular weight is 466 g/mol. The van der Waals surface area contributed by atoms with Crippen LogP contribution in [0.4, 0.5) is 32.1 Å². The molecule has 3 aromatic rings. The second-order valence-electron chi connectivity index (χ2n) is 8.46. The van der Waals surface area contributed by atoms with Gasteiger partial charge in [-0.05, 0) is 31.2 Å². The molecule has 1 N–H and O–H groups in total. The standard InChI is InChI=1S/C23H24F2N8O/c1-15-12-31(20-5-3-17(24)9-27-20)6-7-33(15)23-28-10-19(11-29-23)30-22(34)16-2-4-21(26-8-16)32-13-18(25)14-32/h2-5,8-11,15,18H,6-7,12-14H2,1H3,(H,30,34)/t15-/m1/s1. The Bertz CT molecular complexity index is 1140. The van der Waals surface area contributed by atoms with Crippen molar-refractivity contribution in [1.29, 1.82) is 0 Å².